The SMILES string of the molecule is NCc1ccccc1Nc1ncccc1C(F)(F)F. The number of nitrogens with zero attached hydrogens (tertiary/aromatic N) is 1. The van der Waals surface area contributed by atoms with Crippen LogP contribution < -0.4 is 11.1 Å². The molecule has 3 N–H and O–H groups in total. The average Bonchev–Trinajstić information content (AvgIpc) is 2.39. The monoisotopic (exact) mass is 267 g/mol. The van der Waals surface area contributed by atoms with E-state index in [1.165, 1.54) is 12.3 Å². The number of nitrogens with two attached hydrogens (primary N) is 1. The van der Waals surface area contributed by atoms with Gasteiger partial charge < -0.3 is 11.1 Å². The van der Waals surface area contributed by atoms with Crippen LogP contribution in [0.3, 0.4) is 0 Å². The maximum Gasteiger partial charge on any atom is 0.419 e. The van der Waals surface area contributed by atoms with E-state index in [4.69, 9.17) is 5.73 Å². The number of alkyl halides is 3. The second kappa shape index (κ2) is 5.27. The summed E-state index contributed by atoms with van der Waals surface area (Å²) in [6.07, 6.45) is -3.14. The number of hydrogen-bond donors (Lipinski definition) is 2. The highest BCUT2D eigenvalue weighted by molar-refractivity contribution is 5.63. The van der Waals surface area contributed by atoms with E-state index in [0.717, 1.165) is 11.6 Å². The van der Waals surface area contributed by atoms with E-state index < -0.39 is 11.7 Å². The van der Waals surface area contributed by atoms with Crippen molar-refractivity contribution in [1.29, 1.82) is 0 Å². The van der Waals surface area contributed by atoms with Crippen LogP contribution >= 0.6 is 0 Å². The van der Waals surface area contributed by atoms with Crippen LogP contribution in [0.25, 0.3) is 0 Å². The zero-order valence-electron chi connectivity index (χ0n) is 9.91. The maximum absolute atomic E-state index is 12.8. The van der Waals surface area contributed by atoms with Gasteiger partial charge in [-0.1, -0.05) is 18.2 Å². The van der Waals surface area contributed by atoms with Gasteiger partial charge in [0.1, 0.15) is 5.82 Å². The standard InChI is InChI=1S/C13H12F3N3/c14-13(15,16)10-5-3-7-18-12(10)19-11-6-2-1-4-9(11)8-17/h1-7H,8,17H2,(H,18,19). The van der Waals surface area contributed by atoms with Crippen molar-refractivity contribution >= 4 is 11.5 Å². The van der Waals surface area contributed by atoms with Crippen molar-refractivity contribution in [3.05, 3.63) is 53.7 Å². The number of anilines is 2. The van der Waals surface area contributed by atoms with Crippen molar-refractivity contribution < 1.29 is 13.2 Å². The first-order chi connectivity index (χ1) is 9.02. The molecule has 2 rings (SSSR count). The van der Waals surface area contributed by atoms with Crippen LogP contribution in [-0.4, -0.2) is 4.98 Å². The molecule has 1 aromatic carbocycles. The molecule has 0 atom stereocenters. The van der Waals surface area contributed by atoms with Crippen LogP contribution in [0.5, 0.6) is 0 Å². The first-order valence-corrected chi connectivity index (χ1v) is 5.59. The predicted molar refractivity (Wildman–Crippen MR) is 66.9 cm³/mol. The molecule has 0 saturated carbocycles. The summed E-state index contributed by atoms with van der Waals surface area (Å²) >= 11 is 0. The molecule has 2 aromatic rings. The van der Waals surface area contributed by atoms with Gasteiger partial charge in [-0.2, -0.15) is 13.2 Å². The Kier molecular flexibility index (Phi) is 3.71. The van der Waals surface area contributed by atoms with E-state index in [-0.39, 0.29) is 12.4 Å². The first-order valence-electron chi connectivity index (χ1n) is 5.59. The molecular formula is C13H12F3N3. The van der Waals surface area contributed by atoms with Crippen LogP contribution in [-0.2, 0) is 12.7 Å². The third kappa shape index (κ3) is 3.03. The smallest absolute Gasteiger partial charge is 0.339 e. The Morgan fingerprint density at radius 3 is 2.53 bits per heavy atom. The molecule has 0 unspecified atom stereocenters. The fourth-order valence-electron chi connectivity index (χ4n) is 1.68. The highest BCUT2D eigenvalue weighted by atomic mass is 19.4. The van der Waals surface area contributed by atoms with Gasteiger partial charge in [-0.15, -0.1) is 0 Å². The molecular weight excluding hydrogens is 255 g/mol. The van der Waals surface area contributed by atoms with E-state index in [1.54, 1.807) is 24.3 Å². The summed E-state index contributed by atoms with van der Waals surface area (Å²) < 4.78 is 38.5. The van der Waals surface area contributed by atoms with Crippen LogP contribution in [0.15, 0.2) is 42.6 Å². The number of hydrogen-bond acceptors (Lipinski definition) is 3. The molecule has 6 heteroatoms. The molecule has 0 spiro atoms. The van der Waals surface area contributed by atoms with Crippen molar-refractivity contribution in [2.24, 2.45) is 5.73 Å². The van der Waals surface area contributed by atoms with Crippen molar-refractivity contribution in [3.63, 3.8) is 0 Å². The number of para-hydroxylation sites is 1. The normalized spacial score (nSPS) is 11.4. The van der Waals surface area contributed by atoms with Crippen molar-refractivity contribution in [2.45, 2.75) is 12.7 Å². The molecule has 0 aliphatic heterocycles. The molecule has 0 amide bonds. The van der Waals surface area contributed by atoms with Gasteiger partial charge in [0.2, 0.25) is 0 Å². The second-order valence-electron chi connectivity index (χ2n) is 3.88. The number of halogens is 3. The molecule has 0 radical (unpaired) electrons. The number of aromatic nitrogens is 1. The van der Waals surface area contributed by atoms with Crippen molar-refractivity contribution in [1.82, 2.24) is 4.98 Å². The zero-order valence-corrected chi connectivity index (χ0v) is 9.91. The third-order valence-corrected chi connectivity index (χ3v) is 2.60. The van der Waals surface area contributed by atoms with Gasteiger partial charge >= 0.3 is 6.18 Å². The molecule has 100 valence electrons. The Bertz CT molecular complexity index is 567. The molecule has 0 bridgehead atoms. The van der Waals surface area contributed by atoms with E-state index >= 15 is 0 Å². The average molecular weight is 267 g/mol. The van der Waals surface area contributed by atoms with Gasteiger partial charge in [-0.05, 0) is 23.8 Å². The second-order valence-corrected chi connectivity index (χ2v) is 3.88. The molecule has 19 heavy (non-hydrogen) atoms. The van der Waals surface area contributed by atoms with E-state index in [1.807, 2.05) is 0 Å². The summed E-state index contributed by atoms with van der Waals surface area (Å²) in [4.78, 5) is 3.74. The summed E-state index contributed by atoms with van der Waals surface area (Å²) in [6, 6.07) is 9.15. The Morgan fingerprint density at radius 1 is 1.11 bits per heavy atom. The Balaban J connectivity index is 2.39. The fraction of sp³-hybridized carbons (Fsp3) is 0.154. The van der Waals surface area contributed by atoms with Gasteiger partial charge in [0.25, 0.3) is 0 Å². The first kappa shape index (κ1) is 13.4. The van der Waals surface area contributed by atoms with E-state index in [2.05, 4.69) is 10.3 Å². The van der Waals surface area contributed by atoms with Crippen LogP contribution in [0.2, 0.25) is 0 Å². The van der Waals surface area contributed by atoms with Crippen LogP contribution in [0.4, 0.5) is 24.7 Å². The molecule has 0 aliphatic rings. The number of nitrogens with one attached hydrogen (secondary N) is 1. The lowest BCUT2D eigenvalue weighted by molar-refractivity contribution is -0.137. The Labute approximate surface area is 108 Å². The quantitative estimate of drug-likeness (QED) is 0.897. The van der Waals surface area contributed by atoms with E-state index in [9.17, 15) is 13.2 Å². The largest absolute Gasteiger partial charge is 0.419 e. The minimum absolute atomic E-state index is 0.226. The van der Waals surface area contributed by atoms with Crippen molar-refractivity contribution in [3.8, 4) is 0 Å². The Morgan fingerprint density at radius 2 is 1.84 bits per heavy atom. The van der Waals surface area contributed by atoms with Gasteiger partial charge in [0, 0.05) is 18.4 Å². The lowest BCUT2D eigenvalue weighted by atomic mass is 10.1. The summed E-state index contributed by atoms with van der Waals surface area (Å²) in [5.74, 6) is -0.226. The van der Waals surface area contributed by atoms with Gasteiger partial charge in [0.05, 0.1) is 5.56 Å². The maximum atomic E-state index is 12.8. The molecule has 1 heterocycles. The number of pyridine rings is 1. The number of benzene rings is 1. The van der Waals surface area contributed by atoms with Crippen LogP contribution in [0.1, 0.15) is 11.1 Å². The zero-order chi connectivity index (χ0) is 13.9. The van der Waals surface area contributed by atoms with Gasteiger partial charge in [0.15, 0.2) is 0 Å². The molecule has 0 aliphatic carbocycles. The van der Waals surface area contributed by atoms with E-state index in [0.29, 0.717) is 5.69 Å². The van der Waals surface area contributed by atoms with Gasteiger partial charge in [-0.3, -0.25) is 0 Å². The van der Waals surface area contributed by atoms with Crippen LogP contribution in [0, 0.1) is 0 Å². The highest BCUT2D eigenvalue weighted by Gasteiger charge is 2.34. The third-order valence-electron chi connectivity index (χ3n) is 2.60. The lowest BCUT2D eigenvalue weighted by Gasteiger charge is -2.15. The minimum Gasteiger partial charge on any atom is -0.339 e. The summed E-state index contributed by atoms with van der Waals surface area (Å²) in [5, 5.41) is 2.69. The topological polar surface area (TPSA) is 50.9 Å². The van der Waals surface area contributed by atoms with Gasteiger partial charge in [-0.25, -0.2) is 4.98 Å². The van der Waals surface area contributed by atoms with Crippen molar-refractivity contribution in [2.75, 3.05) is 5.32 Å². The molecule has 0 saturated heterocycles. The molecule has 1 aromatic heterocycles. The highest BCUT2D eigenvalue weighted by Crippen LogP contribution is 2.34. The fourth-order valence-corrected chi connectivity index (χ4v) is 1.68. The molecule has 0 fully saturated rings. The molecule has 3 nitrogen and oxygen atoms in total. The summed E-state index contributed by atoms with van der Waals surface area (Å²) in [6.45, 7) is 0.233. The number of rotatable bonds is 3. The summed E-state index contributed by atoms with van der Waals surface area (Å²) in [7, 11) is 0. The Hall–Kier alpha value is -2.08. The lowest BCUT2D eigenvalue weighted by Crippen LogP contribution is -2.11. The minimum atomic E-state index is -4.45. The summed E-state index contributed by atoms with van der Waals surface area (Å²) in [5.41, 5.74) is 5.99. The predicted octanol–water partition coefficient (Wildman–Crippen LogP) is 3.30.